The van der Waals surface area contributed by atoms with Crippen molar-refractivity contribution in [2.75, 3.05) is 0 Å². The van der Waals surface area contributed by atoms with Gasteiger partial charge in [0.05, 0.1) is 0 Å². The molecule has 0 amide bonds. The van der Waals surface area contributed by atoms with E-state index in [1.165, 1.54) is 0 Å². The molecule has 0 rings (SSSR count). The second-order valence-corrected chi connectivity index (χ2v) is 1.57. The summed E-state index contributed by atoms with van der Waals surface area (Å²) < 4.78 is 0. The summed E-state index contributed by atoms with van der Waals surface area (Å²) in [4.78, 5) is 19.5. The zero-order chi connectivity index (χ0) is 8.31. The first-order valence-electron chi connectivity index (χ1n) is 2.28. The number of hydrogen-bond acceptors (Lipinski definition) is 4. The Balaban J connectivity index is -0.000000135. The molecule has 0 bridgehead atoms. The summed E-state index contributed by atoms with van der Waals surface area (Å²) in [6.07, 6.45) is -4.53. The van der Waals surface area contributed by atoms with Crippen LogP contribution in [0.3, 0.4) is 0 Å². The summed E-state index contributed by atoms with van der Waals surface area (Å²) in [7, 11) is 0. The zero-order valence-electron chi connectivity index (χ0n) is 5.47. The van der Waals surface area contributed by atoms with Crippen LogP contribution in [0.15, 0.2) is 0 Å². The van der Waals surface area contributed by atoms with E-state index in [1.807, 2.05) is 0 Å². The average Bonchev–Trinajstić information content (AvgIpc) is 1.84. The van der Waals surface area contributed by atoms with Gasteiger partial charge >= 0.3 is 120 Å². The first-order valence-corrected chi connectivity index (χ1v) is 2.28. The second kappa shape index (κ2) is 12.5. The van der Waals surface area contributed by atoms with Crippen LogP contribution in [0.2, 0.25) is 0 Å². The average molecular weight is 423 g/mol. The van der Waals surface area contributed by atoms with Crippen molar-refractivity contribution in [2.45, 2.75) is 12.2 Å². The van der Waals surface area contributed by atoms with Crippen LogP contribution in [0.25, 0.3) is 0 Å². The van der Waals surface area contributed by atoms with Gasteiger partial charge in [-0.05, 0) is 0 Å². The minimum atomic E-state index is -2.27. The van der Waals surface area contributed by atoms with Crippen LogP contribution in [0, 0.1) is 0 Å². The Labute approximate surface area is 159 Å². The molecule has 13 heavy (non-hydrogen) atoms. The van der Waals surface area contributed by atoms with Crippen molar-refractivity contribution in [2.24, 2.45) is 0 Å². The van der Waals surface area contributed by atoms with Crippen LogP contribution in [-0.4, -0.2) is 153 Å². The monoisotopic (exact) mass is 424 g/mol. The number of aliphatic carboxylic acids is 2. The van der Waals surface area contributed by atoms with Crippen LogP contribution in [0.5, 0.6) is 0 Å². The van der Waals surface area contributed by atoms with E-state index in [0.717, 1.165) is 0 Å². The van der Waals surface area contributed by atoms with Gasteiger partial charge in [-0.3, -0.25) is 0 Å². The number of hydrogen-bond donors (Lipinski definition) is 4. The van der Waals surface area contributed by atoms with Gasteiger partial charge in [-0.15, -0.1) is 0 Å². The van der Waals surface area contributed by atoms with E-state index >= 15 is 0 Å². The SMILES string of the molecule is O=C(O)C(O)C(O)C(=O)O.[KH].[NaH].[PbH2]. The Morgan fingerprint density at radius 2 is 1.08 bits per heavy atom. The Morgan fingerprint density at radius 1 is 0.923 bits per heavy atom. The predicted octanol–water partition coefficient (Wildman–Crippen LogP) is -4.34. The maximum atomic E-state index is 9.77. The van der Waals surface area contributed by atoms with Gasteiger partial charge in [-0.25, -0.2) is 9.59 Å². The molecule has 0 spiro atoms. The van der Waals surface area contributed by atoms with Gasteiger partial charge in [0.25, 0.3) is 0 Å². The van der Waals surface area contributed by atoms with Crippen LogP contribution in [0.4, 0.5) is 0 Å². The van der Waals surface area contributed by atoms with Crippen LogP contribution >= 0.6 is 0 Å². The van der Waals surface area contributed by atoms with Crippen molar-refractivity contribution in [3.63, 3.8) is 0 Å². The molecule has 2 radical (unpaired) electrons. The Bertz CT molecular complexity index is 149. The van der Waals surface area contributed by atoms with Gasteiger partial charge in [0.15, 0.2) is 12.2 Å². The molecular formula is C4H10KNaO6Pb. The number of carbonyl (C=O) groups is 2. The molecule has 0 aliphatic carbocycles. The molecule has 0 aliphatic rings. The molecule has 2 atom stereocenters. The molecule has 0 saturated heterocycles. The van der Waals surface area contributed by atoms with E-state index in [9.17, 15) is 9.59 Å². The molecule has 0 heterocycles. The van der Waals surface area contributed by atoms with Crippen LogP contribution in [0.1, 0.15) is 0 Å². The fourth-order valence-corrected chi connectivity index (χ4v) is 0.270. The standard InChI is InChI=1S/C4H6O6.K.Na.Pb.4H/c5-1(3(7)8)2(6)4(9)10;;;;;;;/h1-2,5-6H,(H,7,8)(H,9,10);;;;;;;. The molecule has 2 unspecified atom stereocenters. The van der Waals surface area contributed by atoms with E-state index in [0.29, 0.717) is 0 Å². The fourth-order valence-electron chi connectivity index (χ4n) is 0.270. The summed E-state index contributed by atoms with van der Waals surface area (Å²) in [6, 6.07) is 0. The molecule has 6 nitrogen and oxygen atoms in total. The first-order chi connectivity index (χ1) is 4.46. The topological polar surface area (TPSA) is 115 Å². The van der Waals surface area contributed by atoms with E-state index in [-0.39, 0.29) is 108 Å². The molecular weight excluding hydrogens is 413 g/mol. The first kappa shape index (κ1) is 24.6. The fraction of sp³-hybridized carbons (Fsp3) is 0.500. The third-order valence-corrected chi connectivity index (χ3v) is 0.805. The van der Waals surface area contributed by atoms with E-state index in [1.54, 1.807) is 0 Å². The van der Waals surface area contributed by atoms with Gasteiger partial charge in [-0.2, -0.15) is 0 Å². The normalized spacial score (nSPS) is 12.2. The number of carboxylic acid groups (broad SMARTS) is 2. The maximum absolute atomic E-state index is 9.77. The third-order valence-electron chi connectivity index (χ3n) is 0.805. The number of aliphatic hydroxyl groups excluding tert-OH is 2. The van der Waals surface area contributed by atoms with Gasteiger partial charge < -0.3 is 20.4 Å². The number of carboxylic acids is 2. The molecule has 68 valence electrons. The number of rotatable bonds is 3. The summed E-state index contributed by atoms with van der Waals surface area (Å²) in [6.45, 7) is 0. The summed E-state index contributed by atoms with van der Waals surface area (Å²) in [5.41, 5.74) is 0. The molecule has 0 aromatic carbocycles. The molecule has 0 aromatic heterocycles. The van der Waals surface area contributed by atoms with Gasteiger partial charge in [-0.1, -0.05) is 0 Å². The Hall–Kier alpha value is 2.42. The van der Waals surface area contributed by atoms with Crippen molar-refractivity contribution in [1.29, 1.82) is 0 Å². The molecule has 9 heteroatoms. The minimum absolute atomic E-state index is 0. The van der Waals surface area contributed by atoms with Crippen molar-refractivity contribution < 1.29 is 30.0 Å². The summed E-state index contributed by atoms with van der Waals surface area (Å²) in [5.74, 6) is -3.54. The van der Waals surface area contributed by atoms with Gasteiger partial charge in [0, 0.05) is 0 Å². The molecule has 0 aromatic rings. The van der Waals surface area contributed by atoms with Crippen molar-refractivity contribution in [3.8, 4) is 0 Å². The summed E-state index contributed by atoms with van der Waals surface area (Å²) in [5, 5.41) is 32.5. The van der Waals surface area contributed by atoms with Crippen molar-refractivity contribution in [1.82, 2.24) is 0 Å². The van der Waals surface area contributed by atoms with E-state index in [2.05, 4.69) is 0 Å². The van der Waals surface area contributed by atoms with Crippen molar-refractivity contribution >= 4 is 120 Å². The van der Waals surface area contributed by atoms with Crippen LogP contribution in [-0.2, 0) is 9.59 Å². The van der Waals surface area contributed by atoms with Gasteiger partial charge in [0.1, 0.15) is 0 Å². The Morgan fingerprint density at radius 3 is 1.15 bits per heavy atom. The molecule has 0 fully saturated rings. The number of aliphatic hydroxyl groups is 2. The zero-order valence-corrected chi connectivity index (χ0v) is 11.0. The molecule has 4 N–H and O–H groups in total. The van der Waals surface area contributed by atoms with E-state index < -0.39 is 24.1 Å². The Kier molecular flexibility index (Phi) is 23.6. The summed E-state index contributed by atoms with van der Waals surface area (Å²) >= 11 is 0. The van der Waals surface area contributed by atoms with Crippen molar-refractivity contribution in [3.05, 3.63) is 0 Å². The predicted molar refractivity (Wildman–Crippen MR) is 50.1 cm³/mol. The quantitative estimate of drug-likeness (QED) is 0.342. The third kappa shape index (κ3) is 10.7. The second-order valence-electron chi connectivity index (χ2n) is 1.57. The van der Waals surface area contributed by atoms with E-state index in [4.69, 9.17) is 20.4 Å². The molecule has 0 saturated carbocycles. The van der Waals surface area contributed by atoms with Crippen LogP contribution < -0.4 is 0 Å². The molecule has 0 aliphatic heterocycles. The van der Waals surface area contributed by atoms with Gasteiger partial charge in [0.2, 0.25) is 0 Å².